The summed E-state index contributed by atoms with van der Waals surface area (Å²) in [5.41, 5.74) is 2.91. The third kappa shape index (κ3) is 5.09. The fraction of sp³-hybridized carbons (Fsp3) is 0.500. The van der Waals surface area contributed by atoms with Gasteiger partial charge in [0.1, 0.15) is 5.75 Å². The van der Waals surface area contributed by atoms with Gasteiger partial charge in [0.15, 0.2) is 0 Å². The maximum atomic E-state index is 12.9. The molecule has 0 bridgehead atoms. The highest BCUT2D eigenvalue weighted by molar-refractivity contribution is 5.49. The summed E-state index contributed by atoms with van der Waals surface area (Å²) in [4.78, 5) is 4.44. The second kappa shape index (κ2) is 9.29. The number of halogens is 3. The molecule has 6 heteroatoms. The molecule has 0 aromatic heterocycles. The minimum absolute atomic E-state index is 0.577. The first-order valence-corrected chi connectivity index (χ1v) is 10.9. The van der Waals surface area contributed by atoms with Crippen molar-refractivity contribution in [1.82, 2.24) is 4.90 Å². The summed E-state index contributed by atoms with van der Waals surface area (Å²) in [5.74, 6) is 1.06. The second-order valence-electron chi connectivity index (χ2n) is 8.18. The van der Waals surface area contributed by atoms with Gasteiger partial charge in [0.05, 0.1) is 12.2 Å². The van der Waals surface area contributed by atoms with Crippen LogP contribution in [0.2, 0.25) is 0 Å². The Labute approximate surface area is 176 Å². The minimum atomic E-state index is -4.29. The van der Waals surface area contributed by atoms with Crippen molar-refractivity contribution >= 4 is 5.69 Å². The molecule has 1 aliphatic carbocycles. The van der Waals surface area contributed by atoms with Crippen molar-refractivity contribution in [3.63, 3.8) is 0 Å². The first-order chi connectivity index (χ1) is 14.5. The molecule has 30 heavy (non-hydrogen) atoms. The number of piperazine rings is 1. The van der Waals surface area contributed by atoms with Gasteiger partial charge in [-0.15, -0.1) is 0 Å². The fourth-order valence-electron chi connectivity index (χ4n) is 4.45. The van der Waals surface area contributed by atoms with E-state index in [1.54, 1.807) is 6.07 Å². The molecule has 2 aliphatic rings. The first kappa shape index (κ1) is 21.0. The van der Waals surface area contributed by atoms with Crippen LogP contribution in [0.4, 0.5) is 18.9 Å². The molecule has 1 fully saturated rings. The van der Waals surface area contributed by atoms with Crippen molar-refractivity contribution in [1.29, 1.82) is 0 Å². The molecule has 162 valence electrons. The monoisotopic (exact) mass is 418 g/mol. The van der Waals surface area contributed by atoms with Crippen LogP contribution in [0, 0.1) is 0 Å². The van der Waals surface area contributed by atoms with E-state index in [2.05, 4.69) is 23.1 Å². The number of hydrogen-bond acceptors (Lipinski definition) is 3. The van der Waals surface area contributed by atoms with Crippen LogP contribution in [0.1, 0.15) is 36.0 Å². The van der Waals surface area contributed by atoms with Gasteiger partial charge in [0.25, 0.3) is 0 Å². The molecule has 2 aromatic carbocycles. The number of nitrogens with zero attached hydrogens (tertiary/aromatic N) is 2. The number of unbranched alkanes of at least 4 members (excludes halogenated alkanes) is 1. The summed E-state index contributed by atoms with van der Waals surface area (Å²) in [6.45, 7) is 5.02. The van der Waals surface area contributed by atoms with Crippen LogP contribution in [0.15, 0.2) is 42.5 Å². The lowest BCUT2D eigenvalue weighted by Crippen LogP contribution is -2.46. The quantitative estimate of drug-likeness (QED) is 0.577. The molecule has 0 amide bonds. The Bertz CT molecular complexity index is 845. The molecule has 0 spiro atoms. The van der Waals surface area contributed by atoms with Gasteiger partial charge in [-0.05, 0) is 74.0 Å². The van der Waals surface area contributed by atoms with Crippen molar-refractivity contribution in [2.24, 2.45) is 0 Å². The number of fused-ring (bicyclic) bond motifs is 1. The van der Waals surface area contributed by atoms with E-state index in [0.29, 0.717) is 5.69 Å². The summed E-state index contributed by atoms with van der Waals surface area (Å²) in [6, 6.07) is 12.0. The lowest BCUT2D eigenvalue weighted by atomic mass is 10.1. The van der Waals surface area contributed by atoms with Crippen molar-refractivity contribution < 1.29 is 17.9 Å². The number of alkyl halides is 3. The first-order valence-electron chi connectivity index (χ1n) is 10.9. The molecule has 4 rings (SSSR count). The topological polar surface area (TPSA) is 15.7 Å². The molecule has 1 heterocycles. The molecule has 0 atom stereocenters. The van der Waals surface area contributed by atoms with E-state index in [9.17, 15) is 13.2 Å². The van der Waals surface area contributed by atoms with E-state index in [-0.39, 0.29) is 0 Å². The normalized spacial score (nSPS) is 17.2. The van der Waals surface area contributed by atoms with Crippen LogP contribution in [-0.2, 0) is 19.0 Å². The van der Waals surface area contributed by atoms with Crippen LogP contribution in [0.25, 0.3) is 0 Å². The predicted molar refractivity (Wildman–Crippen MR) is 113 cm³/mol. The van der Waals surface area contributed by atoms with Crippen molar-refractivity contribution in [2.45, 2.75) is 38.3 Å². The Balaban J connectivity index is 1.17. The second-order valence-corrected chi connectivity index (χ2v) is 8.18. The number of aryl methyl sites for hydroxylation is 1. The smallest absolute Gasteiger partial charge is 0.416 e. The molecule has 0 unspecified atom stereocenters. The van der Waals surface area contributed by atoms with E-state index in [0.717, 1.165) is 70.4 Å². The van der Waals surface area contributed by atoms with Crippen LogP contribution in [0.3, 0.4) is 0 Å². The van der Waals surface area contributed by atoms with Crippen LogP contribution < -0.4 is 9.64 Å². The van der Waals surface area contributed by atoms with Gasteiger partial charge in [-0.1, -0.05) is 18.2 Å². The molecule has 1 saturated heterocycles. The van der Waals surface area contributed by atoms with Crippen molar-refractivity contribution in [2.75, 3.05) is 44.2 Å². The minimum Gasteiger partial charge on any atom is -0.493 e. The van der Waals surface area contributed by atoms with Crippen molar-refractivity contribution in [3.05, 3.63) is 59.2 Å². The number of hydrogen-bond donors (Lipinski definition) is 0. The third-order valence-corrected chi connectivity index (χ3v) is 6.14. The Hall–Kier alpha value is -2.21. The maximum Gasteiger partial charge on any atom is 0.416 e. The van der Waals surface area contributed by atoms with Crippen LogP contribution >= 0.6 is 0 Å². The van der Waals surface area contributed by atoms with Crippen LogP contribution in [0.5, 0.6) is 5.75 Å². The summed E-state index contributed by atoms with van der Waals surface area (Å²) >= 11 is 0. The van der Waals surface area contributed by atoms with Gasteiger partial charge < -0.3 is 9.64 Å². The molecular weight excluding hydrogens is 389 g/mol. The highest BCUT2D eigenvalue weighted by Crippen LogP contribution is 2.32. The molecular formula is C24H29F3N2O. The molecule has 1 aliphatic heterocycles. The number of anilines is 1. The molecule has 0 saturated carbocycles. The highest BCUT2D eigenvalue weighted by Gasteiger charge is 2.31. The lowest BCUT2D eigenvalue weighted by Gasteiger charge is -2.36. The largest absolute Gasteiger partial charge is 0.493 e. The zero-order valence-electron chi connectivity index (χ0n) is 17.3. The third-order valence-electron chi connectivity index (χ3n) is 6.14. The van der Waals surface area contributed by atoms with Gasteiger partial charge in [-0.25, -0.2) is 0 Å². The van der Waals surface area contributed by atoms with Gasteiger partial charge in [-0.2, -0.15) is 13.2 Å². The zero-order chi connectivity index (χ0) is 21.0. The highest BCUT2D eigenvalue weighted by atomic mass is 19.4. The standard InChI is InChI=1S/C24H29F3N2O/c25-24(26,27)20-8-5-9-21(18-20)29-15-13-28(14-16-29)12-1-2-17-30-23-11-4-7-19-6-3-10-22(19)23/h4-5,7-9,11,18H,1-3,6,10,12-17H2. The van der Waals surface area contributed by atoms with Gasteiger partial charge in [0, 0.05) is 31.9 Å². The van der Waals surface area contributed by atoms with E-state index < -0.39 is 11.7 Å². The Morgan fingerprint density at radius 3 is 2.50 bits per heavy atom. The Morgan fingerprint density at radius 1 is 0.900 bits per heavy atom. The number of benzene rings is 2. The number of rotatable bonds is 7. The fourth-order valence-corrected chi connectivity index (χ4v) is 4.45. The maximum absolute atomic E-state index is 12.9. The summed E-state index contributed by atoms with van der Waals surface area (Å²) in [7, 11) is 0. The Morgan fingerprint density at radius 2 is 1.70 bits per heavy atom. The average molecular weight is 419 g/mol. The van der Waals surface area contributed by atoms with E-state index >= 15 is 0 Å². The number of ether oxygens (including phenoxy) is 1. The van der Waals surface area contributed by atoms with E-state index in [1.165, 1.54) is 36.1 Å². The molecule has 3 nitrogen and oxygen atoms in total. The van der Waals surface area contributed by atoms with Gasteiger partial charge in [0.2, 0.25) is 0 Å². The Kier molecular flexibility index (Phi) is 6.52. The van der Waals surface area contributed by atoms with Crippen LogP contribution in [-0.4, -0.2) is 44.2 Å². The lowest BCUT2D eigenvalue weighted by molar-refractivity contribution is -0.137. The molecule has 0 N–H and O–H groups in total. The van der Waals surface area contributed by atoms with Gasteiger partial charge in [-0.3, -0.25) is 4.90 Å². The summed E-state index contributed by atoms with van der Waals surface area (Å²) in [5, 5.41) is 0. The SMILES string of the molecule is FC(F)(F)c1cccc(N2CCN(CCCCOc3cccc4c3CCC4)CC2)c1. The van der Waals surface area contributed by atoms with Crippen molar-refractivity contribution in [3.8, 4) is 5.75 Å². The van der Waals surface area contributed by atoms with E-state index in [1.807, 2.05) is 4.90 Å². The van der Waals surface area contributed by atoms with Gasteiger partial charge >= 0.3 is 6.18 Å². The zero-order valence-corrected chi connectivity index (χ0v) is 17.3. The predicted octanol–water partition coefficient (Wildman–Crippen LogP) is 5.18. The molecule has 2 aromatic rings. The summed E-state index contributed by atoms with van der Waals surface area (Å²) in [6.07, 6.45) is 1.30. The average Bonchev–Trinajstić information content (AvgIpc) is 3.23. The summed E-state index contributed by atoms with van der Waals surface area (Å²) < 4.78 is 44.8. The van der Waals surface area contributed by atoms with E-state index in [4.69, 9.17) is 4.74 Å². The molecule has 0 radical (unpaired) electrons.